The maximum absolute atomic E-state index is 10.4. The number of carbonyl (C=O) groups is 1. The summed E-state index contributed by atoms with van der Waals surface area (Å²) in [5.74, 6) is -0.0823. The van der Waals surface area contributed by atoms with Crippen molar-refractivity contribution in [2.45, 2.75) is 0 Å². The van der Waals surface area contributed by atoms with Crippen LogP contribution in [-0.2, 0) is 4.79 Å². The molecular weight excluding hydrogens is 122 g/mol. The number of rotatable bonds is 2. The normalized spacial score (nSPS) is 10.0. The van der Waals surface area contributed by atoms with Crippen LogP contribution in [-0.4, -0.2) is 18.4 Å². The molecule has 0 aliphatic heterocycles. The van der Waals surface area contributed by atoms with Gasteiger partial charge >= 0.3 is 0 Å². The number of amides is 1. The minimum absolute atomic E-state index is 0.0823. The summed E-state index contributed by atoms with van der Waals surface area (Å²) in [6.07, 6.45) is 5.22. The fourth-order valence-corrected chi connectivity index (χ4v) is 0.798. The minimum Gasteiger partial charge on any atom is -0.318 e. The van der Waals surface area contributed by atoms with Crippen molar-refractivity contribution >= 4 is 17.0 Å². The van der Waals surface area contributed by atoms with Crippen molar-refractivity contribution in [2.75, 3.05) is 12.5 Å². The highest BCUT2D eigenvalue weighted by molar-refractivity contribution is 8.14. The van der Waals surface area contributed by atoms with Crippen molar-refractivity contribution in [1.82, 2.24) is 4.72 Å². The van der Waals surface area contributed by atoms with Gasteiger partial charge in [-0.15, -0.1) is 0 Å². The highest BCUT2D eigenvalue weighted by atomic mass is 32.2. The second kappa shape index (κ2) is 3.55. The van der Waals surface area contributed by atoms with E-state index in [1.54, 1.807) is 0 Å². The number of carbonyl (C=O) groups excluding carboxylic acids is 1. The van der Waals surface area contributed by atoms with Crippen molar-refractivity contribution in [3.63, 3.8) is 0 Å². The van der Waals surface area contributed by atoms with E-state index in [2.05, 4.69) is 11.3 Å². The van der Waals surface area contributed by atoms with Gasteiger partial charge in [0.2, 0.25) is 0 Å². The molecule has 0 aliphatic rings. The van der Waals surface area contributed by atoms with E-state index >= 15 is 0 Å². The SMILES string of the molecule is C=CC(=O)N[SH](C)C. The smallest absolute Gasteiger partial charge is 0.251 e. The fraction of sp³-hybridized carbons (Fsp3) is 0.400. The first-order valence-electron chi connectivity index (χ1n) is 2.27. The van der Waals surface area contributed by atoms with Gasteiger partial charge in [0.15, 0.2) is 0 Å². The van der Waals surface area contributed by atoms with Gasteiger partial charge in [-0.05, 0) is 18.6 Å². The highest BCUT2D eigenvalue weighted by Crippen LogP contribution is 2.03. The van der Waals surface area contributed by atoms with Crippen LogP contribution in [0.2, 0.25) is 0 Å². The van der Waals surface area contributed by atoms with Crippen LogP contribution < -0.4 is 4.72 Å². The molecule has 1 amide bonds. The molecule has 0 fully saturated rings. The summed E-state index contributed by atoms with van der Waals surface area (Å²) in [6.45, 7) is 3.31. The van der Waals surface area contributed by atoms with Gasteiger partial charge in [-0.1, -0.05) is 6.58 Å². The molecule has 0 aliphatic carbocycles. The third kappa shape index (κ3) is 3.74. The Morgan fingerprint density at radius 2 is 2.25 bits per heavy atom. The van der Waals surface area contributed by atoms with Gasteiger partial charge in [-0.25, -0.2) is 0 Å². The van der Waals surface area contributed by atoms with E-state index in [1.807, 2.05) is 12.5 Å². The van der Waals surface area contributed by atoms with Gasteiger partial charge in [-0.3, -0.25) is 4.79 Å². The highest BCUT2D eigenvalue weighted by Gasteiger charge is 1.90. The molecule has 0 aromatic heterocycles. The molecule has 0 aromatic carbocycles. The average molecular weight is 133 g/mol. The zero-order chi connectivity index (χ0) is 6.57. The summed E-state index contributed by atoms with van der Waals surface area (Å²) >= 11 is -0.316. The third-order valence-corrected chi connectivity index (χ3v) is 1.19. The molecule has 48 valence electrons. The number of thiol groups is 1. The Hall–Kier alpha value is -0.440. The molecule has 0 saturated carbocycles. The zero-order valence-electron chi connectivity index (χ0n) is 5.14. The Morgan fingerprint density at radius 1 is 1.75 bits per heavy atom. The molecule has 2 nitrogen and oxygen atoms in total. The lowest BCUT2D eigenvalue weighted by molar-refractivity contribution is -0.114. The van der Waals surface area contributed by atoms with E-state index in [9.17, 15) is 4.79 Å². The predicted molar refractivity (Wildman–Crippen MR) is 39.2 cm³/mol. The van der Waals surface area contributed by atoms with Crippen LogP contribution in [0.15, 0.2) is 12.7 Å². The van der Waals surface area contributed by atoms with Gasteiger partial charge in [-0.2, -0.15) is 11.1 Å². The summed E-state index contributed by atoms with van der Waals surface area (Å²) in [7, 11) is 0. The monoisotopic (exact) mass is 133 g/mol. The molecule has 0 atom stereocenters. The Balaban J connectivity index is 3.39. The first-order chi connectivity index (χ1) is 3.66. The predicted octanol–water partition coefficient (Wildman–Crippen LogP) is 0.464. The molecular formula is C5H11NOS. The Morgan fingerprint density at radius 3 is 2.38 bits per heavy atom. The lowest BCUT2D eigenvalue weighted by Crippen LogP contribution is -2.15. The minimum atomic E-state index is -0.316. The quantitative estimate of drug-likeness (QED) is 0.416. The van der Waals surface area contributed by atoms with E-state index in [1.165, 1.54) is 6.08 Å². The van der Waals surface area contributed by atoms with Gasteiger partial charge in [0.1, 0.15) is 0 Å². The molecule has 3 heteroatoms. The number of hydrogen-bond donors (Lipinski definition) is 2. The molecule has 0 heterocycles. The first kappa shape index (κ1) is 7.56. The summed E-state index contributed by atoms with van der Waals surface area (Å²) in [6, 6.07) is 0. The largest absolute Gasteiger partial charge is 0.318 e. The molecule has 8 heavy (non-hydrogen) atoms. The van der Waals surface area contributed by atoms with E-state index in [4.69, 9.17) is 0 Å². The van der Waals surface area contributed by atoms with Crippen LogP contribution in [0.5, 0.6) is 0 Å². The Bertz CT molecular complexity index is 101. The van der Waals surface area contributed by atoms with Crippen LogP contribution in [0.1, 0.15) is 0 Å². The second-order valence-corrected chi connectivity index (χ2v) is 3.59. The molecule has 0 radical (unpaired) electrons. The van der Waals surface area contributed by atoms with E-state index in [0.717, 1.165) is 0 Å². The number of hydrogen-bond acceptors (Lipinski definition) is 1. The van der Waals surface area contributed by atoms with Crippen LogP contribution in [0, 0.1) is 0 Å². The fourth-order valence-electron chi connectivity index (χ4n) is 0.266. The van der Waals surface area contributed by atoms with Gasteiger partial charge in [0, 0.05) is 0 Å². The van der Waals surface area contributed by atoms with Crippen molar-refractivity contribution in [3.8, 4) is 0 Å². The topological polar surface area (TPSA) is 29.1 Å². The molecule has 0 aromatic rings. The maximum atomic E-state index is 10.4. The zero-order valence-corrected chi connectivity index (χ0v) is 6.03. The van der Waals surface area contributed by atoms with Gasteiger partial charge in [0.25, 0.3) is 5.91 Å². The van der Waals surface area contributed by atoms with Crippen molar-refractivity contribution in [1.29, 1.82) is 0 Å². The summed E-state index contributed by atoms with van der Waals surface area (Å²) in [5, 5.41) is 0. The second-order valence-electron chi connectivity index (χ2n) is 1.57. The molecule has 0 unspecified atom stereocenters. The van der Waals surface area contributed by atoms with Crippen LogP contribution in [0.3, 0.4) is 0 Å². The van der Waals surface area contributed by atoms with Crippen molar-refractivity contribution in [3.05, 3.63) is 12.7 Å². The summed E-state index contributed by atoms with van der Waals surface area (Å²) < 4.78 is 2.70. The van der Waals surface area contributed by atoms with Crippen molar-refractivity contribution in [2.24, 2.45) is 0 Å². The maximum Gasteiger partial charge on any atom is 0.251 e. The van der Waals surface area contributed by atoms with E-state index in [-0.39, 0.29) is 17.0 Å². The number of nitrogens with one attached hydrogen (secondary N) is 1. The van der Waals surface area contributed by atoms with Crippen molar-refractivity contribution < 1.29 is 4.79 Å². The van der Waals surface area contributed by atoms with Gasteiger partial charge in [0.05, 0.1) is 0 Å². The van der Waals surface area contributed by atoms with Gasteiger partial charge < -0.3 is 4.72 Å². The molecule has 0 spiro atoms. The van der Waals surface area contributed by atoms with E-state index in [0.29, 0.717) is 0 Å². The molecule has 0 bridgehead atoms. The Kier molecular flexibility index (Phi) is 3.35. The first-order valence-corrected chi connectivity index (χ1v) is 4.51. The average Bonchev–Trinajstić information content (AvgIpc) is 1.65. The molecule has 0 rings (SSSR count). The Labute approximate surface area is 52.4 Å². The lowest BCUT2D eigenvalue weighted by atomic mass is 10.6. The summed E-state index contributed by atoms with van der Waals surface area (Å²) in [4.78, 5) is 10.4. The standard InChI is InChI=1S/C5H11NOS/c1-4-5(7)6-8(2)3/h4,8H,1H2,2-3H3,(H,6,7). The molecule has 0 saturated heterocycles. The van der Waals surface area contributed by atoms with Crippen LogP contribution >= 0.6 is 11.1 Å². The third-order valence-electron chi connectivity index (χ3n) is 0.519. The lowest BCUT2D eigenvalue weighted by Gasteiger charge is -2.07. The van der Waals surface area contributed by atoms with Crippen LogP contribution in [0.4, 0.5) is 0 Å². The van der Waals surface area contributed by atoms with E-state index < -0.39 is 0 Å². The van der Waals surface area contributed by atoms with Crippen LogP contribution in [0.25, 0.3) is 0 Å². The summed E-state index contributed by atoms with van der Waals surface area (Å²) in [5.41, 5.74) is 0. The molecule has 1 N–H and O–H groups in total.